The Morgan fingerprint density at radius 3 is 2.59 bits per heavy atom. The number of aliphatic hydroxyl groups excluding tert-OH is 1. The molecule has 1 aromatic rings. The Labute approximate surface area is 123 Å². The SMILES string of the molecule is Cc1cccc(NC[C@H](O)CS(=O)(=O)O)c1.[NaH]. The van der Waals surface area contributed by atoms with Gasteiger partial charge in [0.1, 0.15) is 5.75 Å². The van der Waals surface area contributed by atoms with Crippen molar-refractivity contribution in [2.75, 3.05) is 17.6 Å². The van der Waals surface area contributed by atoms with Gasteiger partial charge in [0.25, 0.3) is 10.1 Å². The van der Waals surface area contributed by atoms with Gasteiger partial charge in [-0.05, 0) is 24.6 Å². The van der Waals surface area contributed by atoms with Crippen LogP contribution in [0.15, 0.2) is 24.3 Å². The number of benzene rings is 1. The third-order valence-electron chi connectivity index (χ3n) is 1.96. The van der Waals surface area contributed by atoms with E-state index >= 15 is 0 Å². The van der Waals surface area contributed by atoms with Crippen LogP contribution in [0.5, 0.6) is 0 Å². The normalized spacial score (nSPS) is 12.6. The average molecular weight is 269 g/mol. The molecular weight excluding hydrogens is 253 g/mol. The van der Waals surface area contributed by atoms with E-state index in [0.29, 0.717) is 0 Å². The van der Waals surface area contributed by atoms with Gasteiger partial charge in [0.05, 0.1) is 6.10 Å². The summed E-state index contributed by atoms with van der Waals surface area (Å²) in [7, 11) is -4.13. The van der Waals surface area contributed by atoms with Gasteiger partial charge in [0.2, 0.25) is 0 Å². The molecule has 0 bridgehead atoms. The minimum absolute atomic E-state index is 0. The Kier molecular flexibility index (Phi) is 7.30. The first-order valence-corrected chi connectivity index (χ1v) is 6.41. The summed E-state index contributed by atoms with van der Waals surface area (Å²) in [6.07, 6.45) is -1.13. The van der Waals surface area contributed by atoms with Gasteiger partial charge in [0.15, 0.2) is 0 Å². The maximum atomic E-state index is 10.5. The molecule has 0 saturated heterocycles. The summed E-state index contributed by atoms with van der Waals surface area (Å²) in [5.74, 6) is -0.661. The summed E-state index contributed by atoms with van der Waals surface area (Å²) in [5.41, 5.74) is 1.86. The zero-order valence-corrected chi connectivity index (χ0v) is 9.74. The number of aliphatic hydroxyl groups is 1. The third-order valence-corrected chi connectivity index (χ3v) is 2.77. The van der Waals surface area contributed by atoms with Crippen LogP contribution in [0.25, 0.3) is 0 Å². The summed E-state index contributed by atoms with van der Waals surface area (Å²) in [6.45, 7) is 2.00. The second kappa shape index (κ2) is 7.35. The molecule has 1 rings (SSSR count). The zero-order chi connectivity index (χ0) is 12.2. The van der Waals surface area contributed by atoms with E-state index in [1.54, 1.807) is 0 Å². The monoisotopic (exact) mass is 269 g/mol. The fourth-order valence-electron chi connectivity index (χ4n) is 1.29. The van der Waals surface area contributed by atoms with E-state index in [4.69, 9.17) is 4.55 Å². The van der Waals surface area contributed by atoms with E-state index in [9.17, 15) is 13.5 Å². The van der Waals surface area contributed by atoms with Crippen LogP contribution in [-0.4, -0.2) is 66.0 Å². The number of nitrogens with one attached hydrogen (secondary N) is 1. The van der Waals surface area contributed by atoms with Crippen LogP contribution >= 0.6 is 0 Å². The fourth-order valence-corrected chi connectivity index (χ4v) is 1.90. The van der Waals surface area contributed by atoms with Crippen LogP contribution in [0.4, 0.5) is 5.69 Å². The molecule has 1 atom stereocenters. The predicted octanol–water partition coefficient (Wildman–Crippen LogP) is 0.00712. The van der Waals surface area contributed by atoms with Gasteiger partial charge in [-0.15, -0.1) is 0 Å². The minimum atomic E-state index is -4.13. The van der Waals surface area contributed by atoms with E-state index in [0.717, 1.165) is 11.3 Å². The summed E-state index contributed by atoms with van der Waals surface area (Å²) in [6, 6.07) is 7.47. The molecule has 0 aliphatic rings. The summed E-state index contributed by atoms with van der Waals surface area (Å²) in [5, 5.41) is 12.2. The molecular formula is C10H16NNaO4S. The Balaban J connectivity index is 0.00000256. The molecule has 17 heavy (non-hydrogen) atoms. The summed E-state index contributed by atoms with van der Waals surface area (Å²) in [4.78, 5) is 0. The molecule has 0 spiro atoms. The van der Waals surface area contributed by atoms with Crippen molar-refractivity contribution in [3.63, 3.8) is 0 Å². The van der Waals surface area contributed by atoms with Crippen molar-refractivity contribution in [2.45, 2.75) is 13.0 Å². The fraction of sp³-hybridized carbons (Fsp3) is 0.400. The Bertz CT molecular complexity index is 449. The molecule has 1 aromatic carbocycles. The molecule has 0 aromatic heterocycles. The molecule has 92 valence electrons. The van der Waals surface area contributed by atoms with Gasteiger partial charge < -0.3 is 10.4 Å². The molecule has 0 unspecified atom stereocenters. The predicted molar refractivity (Wildman–Crippen MR) is 69.2 cm³/mol. The second-order valence-corrected chi connectivity index (χ2v) is 5.15. The zero-order valence-electron chi connectivity index (χ0n) is 8.92. The van der Waals surface area contributed by atoms with Gasteiger partial charge in [0, 0.05) is 12.2 Å². The molecule has 0 amide bonds. The first kappa shape index (κ1) is 16.9. The first-order valence-electron chi connectivity index (χ1n) is 4.80. The number of hydrogen-bond acceptors (Lipinski definition) is 4. The van der Waals surface area contributed by atoms with Gasteiger partial charge in [-0.1, -0.05) is 12.1 Å². The van der Waals surface area contributed by atoms with E-state index in [2.05, 4.69) is 5.32 Å². The number of aryl methyl sites for hydroxylation is 1. The van der Waals surface area contributed by atoms with Crippen LogP contribution in [0.3, 0.4) is 0 Å². The van der Waals surface area contributed by atoms with Crippen LogP contribution in [0, 0.1) is 6.92 Å². The third kappa shape index (κ3) is 7.75. The van der Waals surface area contributed by atoms with Crippen molar-refractivity contribution in [1.29, 1.82) is 0 Å². The number of anilines is 1. The van der Waals surface area contributed by atoms with Gasteiger partial charge in [-0.3, -0.25) is 4.55 Å². The molecule has 5 nitrogen and oxygen atoms in total. The van der Waals surface area contributed by atoms with Gasteiger partial charge >= 0.3 is 29.6 Å². The van der Waals surface area contributed by atoms with Gasteiger partial charge in [-0.2, -0.15) is 8.42 Å². The van der Waals surface area contributed by atoms with Crippen molar-refractivity contribution in [3.05, 3.63) is 29.8 Å². The van der Waals surface area contributed by atoms with Gasteiger partial charge in [-0.25, -0.2) is 0 Å². The quantitative estimate of drug-likeness (QED) is 0.518. The summed E-state index contributed by atoms with van der Waals surface area (Å²) < 4.78 is 29.5. The number of hydrogen-bond donors (Lipinski definition) is 3. The van der Waals surface area contributed by atoms with Crippen molar-refractivity contribution in [2.24, 2.45) is 0 Å². The average Bonchev–Trinajstić information content (AvgIpc) is 2.12. The van der Waals surface area contributed by atoms with Crippen molar-refractivity contribution in [1.82, 2.24) is 0 Å². The number of rotatable bonds is 5. The molecule has 7 heteroatoms. The van der Waals surface area contributed by atoms with E-state index in [-0.39, 0.29) is 36.1 Å². The van der Waals surface area contributed by atoms with Crippen LogP contribution in [-0.2, 0) is 10.1 Å². The van der Waals surface area contributed by atoms with Crippen LogP contribution < -0.4 is 5.32 Å². The molecule has 0 heterocycles. The van der Waals surface area contributed by atoms with E-state index < -0.39 is 22.0 Å². The van der Waals surface area contributed by atoms with Crippen molar-refractivity contribution < 1.29 is 18.1 Å². The molecule has 0 fully saturated rings. The first-order chi connectivity index (χ1) is 7.37. The van der Waals surface area contributed by atoms with Crippen LogP contribution in [0.1, 0.15) is 5.56 Å². The topological polar surface area (TPSA) is 86.6 Å². The molecule has 3 N–H and O–H groups in total. The Morgan fingerprint density at radius 1 is 1.41 bits per heavy atom. The standard InChI is InChI=1S/C10H15NO4S.Na.H/c1-8-3-2-4-9(5-8)11-6-10(12)7-16(13,14)15;;/h2-5,10-12H,6-7H2,1H3,(H,13,14,15);;/t10-;;/m0../s1. The van der Waals surface area contributed by atoms with Crippen molar-refractivity contribution in [3.8, 4) is 0 Å². The second-order valence-electron chi connectivity index (χ2n) is 3.65. The maximum absolute atomic E-state index is 10.5. The van der Waals surface area contributed by atoms with Crippen LogP contribution in [0.2, 0.25) is 0 Å². The van der Waals surface area contributed by atoms with E-state index in [1.165, 1.54) is 0 Å². The van der Waals surface area contributed by atoms with E-state index in [1.807, 2.05) is 31.2 Å². The Hall–Kier alpha value is -0.110. The molecule has 0 aliphatic carbocycles. The molecule has 0 aliphatic heterocycles. The summed E-state index contributed by atoms with van der Waals surface area (Å²) >= 11 is 0. The molecule has 0 saturated carbocycles. The molecule has 0 radical (unpaired) electrons. The van der Waals surface area contributed by atoms with Crippen molar-refractivity contribution >= 4 is 45.4 Å². The Morgan fingerprint density at radius 2 is 2.06 bits per heavy atom.